The van der Waals surface area contributed by atoms with E-state index in [1.54, 1.807) is 12.1 Å². The first kappa shape index (κ1) is 27.3. The van der Waals surface area contributed by atoms with Gasteiger partial charge in [-0.2, -0.15) is 0 Å². The van der Waals surface area contributed by atoms with Gasteiger partial charge in [-0.15, -0.1) is 0 Å². The van der Waals surface area contributed by atoms with E-state index in [-0.39, 0.29) is 49.0 Å². The topological polar surface area (TPSA) is 96.0 Å². The van der Waals surface area contributed by atoms with Crippen molar-refractivity contribution in [3.63, 3.8) is 0 Å². The molecule has 1 aliphatic rings. The molecule has 2 atom stereocenters. The maximum atomic E-state index is 12.7. The molecule has 188 valence electrons. The molecule has 0 radical (unpaired) electrons. The third kappa shape index (κ3) is 6.81. The second-order valence-electron chi connectivity index (χ2n) is 9.28. The van der Waals surface area contributed by atoms with Gasteiger partial charge in [0, 0.05) is 32.1 Å². The highest BCUT2D eigenvalue weighted by molar-refractivity contribution is 6.06. The lowest BCUT2D eigenvalue weighted by Crippen LogP contribution is -2.54. The Morgan fingerprint density at radius 1 is 1.12 bits per heavy atom. The Hall–Kier alpha value is -2.90. The summed E-state index contributed by atoms with van der Waals surface area (Å²) in [5, 5.41) is 2.34. The van der Waals surface area contributed by atoms with Crippen molar-refractivity contribution >= 4 is 29.3 Å². The molecular formula is C26H39N3O5. The third-order valence-corrected chi connectivity index (χ3v) is 6.31. The van der Waals surface area contributed by atoms with Gasteiger partial charge < -0.3 is 9.64 Å². The van der Waals surface area contributed by atoms with Crippen LogP contribution in [0.1, 0.15) is 78.7 Å². The Morgan fingerprint density at radius 2 is 1.76 bits per heavy atom. The van der Waals surface area contributed by atoms with Crippen LogP contribution >= 0.6 is 0 Å². The van der Waals surface area contributed by atoms with Gasteiger partial charge >= 0.3 is 0 Å². The number of piperidine rings is 1. The summed E-state index contributed by atoms with van der Waals surface area (Å²) < 4.78 is 5.87. The summed E-state index contributed by atoms with van der Waals surface area (Å²) in [5.41, 5.74) is 1.49. The fourth-order valence-corrected chi connectivity index (χ4v) is 4.19. The Labute approximate surface area is 203 Å². The summed E-state index contributed by atoms with van der Waals surface area (Å²) >= 11 is 0. The van der Waals surface area contributed by atoms with Crippen molar-refractivity contribution in [3.8, 4) is 5.75 Å². The summed E-state index contributed by atoms with van der Waals surface area (Å²) in [6.45, 7) is 13.1. The van der Waals surface area contributed by atoms with Gasteiger partial charge in [-0.25, -0.2) is 0 Å². The van der Waals surface area contributed by atoms with Crippen molar-refractivity contribution < 1.29 is 23.9 Å². The van der Waals surface area contributed by atoms with Crippen LogP contribution in [-0.4, -0.2) is 54.3 Å². The van der Waals surface area contributed by atoms with Crippen LogP contribution in [0, 0.1) is 5.92 Å². The van der Waals surface area contributed by atoms with E-state index in [0.29, 0.717) is 24.5 Å². The molecular weight excluding hydrogens is 434 g/mol. The van der Waals surface area contributed by atoms with Crippen LogP contribution in [0.3, 0.4) is 0 Å². The molecule has 2 rings (SSSR count). The lowest BCUT2D eigenvalue weighted by molar-refractivity contribution is -0.135. The number of amides is 4. The number of hydrogen-bond donors (Lipinski definition) is 1. The molecule has 1 aromatic rings. The van der Waals surface area contributed by atoms with E-state index in [1.807, 2.05) is 24.8 Å². The molecule has 0 bridgehead atoms. The minimum absolute atomic E-state index is 0.0554. The van der Waals surface area contributed by atoms with Crippen LogP contribution in [-0.2, 0) is 19.2 Å². The van der Waals surface area contributed by atoms with E-state index >= 15 is 0 Å². The van der Waals surface area contributed by atoms with E-state index in [0.717, 1.165) is 18.4 Å². The van der Waals surface area contributed by atoms with Crippen LogP contribution in [0.15, 0.2) is 18.2 Å². The quantitative estimate of drug-likeness (QED) is 0.495. The number of carbonyl (C=O) groups excluding carboxylic acids is 4. The Kier molecular flexibility index (Phi) is 10.1. The first-order valence-electron chi connectivity index (χ1n) is 12.3. The Bertz CT molecular complexity index is 892. The molecule has 0 aromatic heterocycles. The van der Waals surface area contributed by atoms with Crippen molar-refractivity contribution in [1.82, 2.24) is 10.2 Å². The zero-order valence-corrected chi connectivity index (χ0v) is 21.3. The Morgan fingerprint density at radius 3 is 2.29 bits per heavy atom. The first-order valence-corrected chi connectivity index (χ1v) is 12.3. The van der Waals surface area contributed by atoms with Gasteiger partial charge in [0.25, 0.3) is 5.91 Å². The molecule has 1 N–H and O–H groups in total. The monoisotopic (exact) mass is 473 g/mol. The van der Waals surface area contributed by atoms with E-state index < -0.39 is 11.9 Å². The molecule has 4 amide bonds. The normalized spacial score (nSPS) is 16.7. The lowest BCUT2D eigenvalue weighted by atomic mass is 9.88. The zero-order chi connectivity index (χ0) is 25.4. The number of carbonyl (C=O) groups is 4. The minimum atomic E-state index is -0.752. The van der Waals surface area contributed by atoms with E-state index in [2.05, 4.69) is 26.1 Å². The van der Waals surface area contributed by atoms with E-state index in [9.17, 15) is 19.2 Å². The molecule has 8 nitrogen and oxygen atoms in total. The molecule has 0 saturated carbocycles. The third-order valence-electron chi connectivity index (χ3n) is 6.31. The molecule has 2 unspecified atom stereocenters. The number of hydrogen-bond acceptors (Lipinski definition) is 5. The second kappa shape index (κ2) is 12.5. The average Bonchev–Trinajstić information content (AvgIpc) is 2.78. The molecule has 8 heteroatoms. The molecule has 0 spiro atoms. The summed E-state index contributed by atoms with van der Waals surface area (Å²) in [6.07, 6.45) is 2.23. The van der Waals surface area contributed by atoms with Crippen molar-refractivity contribution in [3.05, 3.63) is 23.8 Å². The molecule has 1 heterocycles. The number of rotatable bonds is 11. The minimum Gasteiger partial charge on any atom is -0.484 e. The number of ether oxygens (including phenoxy) is 1. The highest BCUT2D eigenvalue weighted by Gasteiger charge is 2.35. The maximum absolute atomic E-state index is 12.7. The molecule has 1 fully saturated rings. The van der Waals surface area contributed by atoms with E-state index in [4.69, 9.17) is 4.74 Å². The standard InChI is InChI=1S/C26H39N3O5/c1-7-13-28(14-8-2)25(32)16-34-20-9-10-22(21(15-20)18(5)17(3)4)29(19(6)30)23-11-12-24(31)27-26(23)33/h9-10,15,17-18,23H,7-8,11-14,16H2,1-6H3,(H,27,31,33). The van der Waals surface area contributed by atoms with Gasteiger partial charge in [-0.05, 0) is 54.9 Å². The predicted octanol–water partition coefficient (Wildman–Crippen LogP) is 3.63. The van der Waals surface area contributed by atoms with Gasteiger partial charge in [0.2, 0.25) is 17.7 Å². The fraction of sp³-hybridized carbons (Fsp3) is 0.615. The number of nitrogens with one attached hydrogen (secondary N) is 1. The number of benzene rings is 1. The highest BCUT2D eigenvalue weighted by Crippen LogP contribution is 2.37. The van der Waals surface area contributed by atoms with Gasteiger partial charge in [0.05, 0.1) is 0 Å². The van der Waals surface area contributed by atoms with E-state index in [1.165, 1.54) is 11.8 Å². The maximum Gasteiger partial charge on any atom is 0.260 e. The van der Waals surface area contributed by atoms with Crippen molar-refractivity contribution in [2.45, 2.75) is 79.2 Å². The zero-order valence-electron chi connectivity index (χ0n) is 21.3. The van der Waals surface area contributed by atoms with Crippen LogP contribution in [0.25, 0.3) is 0 Å². The number of nitrogens with zero attached hydrogens (tertiary/aromatic N) is 2. The summed E-state index contributed by atoms with van der Waals surface area (Å²) in [5.74, 6) is -0.261. The van der Waals surface area contributed by atoms with Crippen molar-refractivity contribution in [1.29, 1.82) is 0 Å². The Balaban J connectivity index is 2.36. The largest absolute Gasteiger partial charge is 0.484 e. The van der Waals surface area contributed by atoms with Crippen LogP contribution < -0.4 is 15.0 Å². The molecule has 34 heavy (non-hydrogen) atoms. The average molecular weight is 474 g/mol. The summed E-state index contributed by atoms with van der Waals surface area (Å²) in [4.78, 5) is 52.8. The van der Waals surface area contributed by atoms with Gasteiger partial charge in [0.1, 0.15) is 11.8 Å². The van der Waals surface area contributed by atoms with Crippen molar-refractivity contribution in [2.75, 3.05) is 24.6 Å². The molecule has 1 aliphatic heterocycles. The predicted molar refractivity (Wildman–Crippen MR) is 132 cm³/mol. The molecule has 1 aromatic carbocycles. The number of anilines is 1. The van der Waals surface area contributed by atoms with Gasteiger partial charge in [-0.3, -0.25) is 29.4 Å². The van der Waals surface area contributed by atoms with Gasteiger partial charge in [0.15, 0.2) is 6.61 Å². The first-order chi connectivity index (χ1) is 16.1. The number of imide groups is 1. The van der Waals surface area contributed by atoms with Crippen LogP contribution in [0.5, 0.6) is 5.75 Å². The summed E-state index contributed by atoms with van der Waals surface area (Å²) in [7, 11) is 0. The SMILES string of the molecule is CCCN(CCC)C(=O)COc1ccc(N(C(C)=O)C2CCC(=O)NC2=O)c(C(C)C(C)C)c1. The molecule has 1 saturated heterocycles. The van der Waals surface area contributed by atoms with Gasteiger partial charge in [-0.1, -0.05) is 34.6 Å². The lowest BCUT2D eigenvalue weighted by Gasteiger charge is -2.35. The highest BCUT2D eigenvalue weighted by atomic mass is 16.5. The second-order valence-corrected chi connectivity index (χ2v) is 9.28. The van der Waals surface area contributed by atoms with Crippen molar-refractivity contribution in [2.24, 2.45) is 5.92 Å². The van der Waals surface area contributed by atoms with Crippen LogP contribution in [0.4, 0.5) is 5.69 Å². The smallest absolute Gasteiger partial charge is 0.260 e. The molecule has 0 aliphatic carbocycles. The van der Waals surface area contributed by atoms with Crippen LogP contribution in [0.2, 0.25) is 0 Å². The fourth-order valence-electron chi connectivity index (χ4n) is 4.19. The summed E-state index contributed by atoms with van der Waals surface area (Å²) in [6, 6.07) is 4.61.